The second kappa shape index (κ2) is 10.2. The van der Waals surface area contributed by atoms with Crippen LogP contribution in [0.1, 0.15) is 15.7 Å². The van der Waals surface area contributed by atoms with Crippen LogP contribution in [0.3, 0.4) is 0 Å². The molecule has 0 heterocycles. The van der Waals surface area contributed by atoms with Gasteiger partial charge in [0.2, 0.25) is 0 Å². The Bertz CT molecular complexity index is 946. The van der Waals surface area contributed by atoms with Gasteiger partial charge < -0.3 is 4.74 Å². The van der Waals surface area contributed by atoms with Crippen molar-refractivity contribution in [3.8, 4) is 5.75 Å². The molecule has 0 fully saturated rings. The van der Waals surface area contributed by atoms with Crippen molar-refractivity contribution in [1.29, 1.82) is 0 Å². The summed E-state index contributed by atoms with van der Waals surface area (Å²) in [4.78, 5) is 2.54. The summed E-state index contributed by atoms with van der Waals surface area (Å²) in [7, 11) is 0. The molecule has 144 valence electrons. The molecule has 0 N–H and O–H groups in total. The summed E-state index contributed by atoms with van der Waals surface area (Å²) in [6.45, 7) is 0.584. The highest BCUT2D eigenvalue weighted by Crippen LogP contribution is 2.47. The van der Waals surface area contributed by atoms with Gasteiger partial charge in [0.05, 0.1) is 4.58 Å². The van der Waals surface area contributed by atoms with Gasteiger partial charge in [0.1, 0.15) is 12.4 Å². The van der Waals surface area contributed by atoms with E-state index in [1.807, 2.05) is 41.7 Å². The van der Waals surface area contributed by atoms with Gasteiger partial charge in [-0.3, -0.25) is 0 Å². The summed E-state index contributed by atoms with van der Waals surface area (Å²) in [5.74, 6) is 0.894. The molecule has 4 rings (SSSR count). The normalized spacial score (nSPS) is 10.8. The molecule has 0 radical (unpaired) electrons. The van der Waals surface area contributed by atoms with E-state index < -0.39 is 0 Å². The van der Waals surface area contributed by atoms with E-state index in [-0.39, 0.29) is 4.58 Å². The lowest BCUT2D eigenvalue weighted by atomic mass is 10.2. The zero-order chi connectivity index (χ0) is 19.7. The Labute approximate surface area is 181 Å². The summed E-state index contributed by atoms with van der Waals surface area (Å²) in [5.41, 5.74) is 2.45. The largest absolute Gasteiger partial charge is 0.489 e. The summed E-state index contributed by atoms with van der Waals surface area (Å²) < 4.78 is 6.22. The van der Waals surface area contributed by atoms with E-state index in [4.69, 9.17) is 4.74 Å². The van der Waals surface area contributed by atoms with Crippen LogP contribution in [0.4, 0.5) is 0 Å². The first-order chi connectivity index (χ1) is 14.4. The van der Waals surface area contributed by atoms with Crippen molar-refractivity contribution in [1.82, 2.24) is 0 Å². The molecule has 0 atom stereocenters. The number of benzene rings is 4. The van der Waals surface area contributed by atoms with Gasteiger partial charge in [-0.25, -0.2) is 0 Å². The van der Waals surface area contributed by atoms with Gasteiger partial charge in [0.15, 0.2) is 0 Å². The first-order valence-corrected chi connectivity index (χ1v) is 11.3. The highest BCUT2D eigenvalue weighted by molar-refractivity contribution is 8.16. The molecule has 29 heavy (non-hydrogen) atoms. The smallest absolute Gasteiger partial charge is 0.119 e. The Morgan fingerprint density at radius 2 is 1.03 bits per heavy atom. The van der Waals surface area contributed by atoms with E-state index in [0.29, 0.717) is 6.61 Å². The number of hydrogen-bond donors (Lipinski definition) is 0. The van der Waals surface area contributed by atoms with E-state index >= 15 is 0 Å². The molecule has 0 bridgehead atoms. The van der Waals surface area contributed by atoms with Crippen LogP contribution in [0.15, 0.2) is 125 Å². The molecule has 0 unspecified atom stereocenters. The third-order valence-electron chi connectivity index (χ3n) is 4.37. The average Bonchev–Trinajstić information content (AvgIpc) is 2.80. The number of thioether (sulfide) groups is 2. The predicted molar refractivity (Wildman–Crippen MR) is 125 cm³/mol. The van der Waals surface area contributed by atoms with Gasteiger partial charge in [-0.05, 0) is 47.5 Å². The van der Waals surface area contributed by atoms with Crippen LogP contribution in [0.5, 0.6) is 5.75 Å². The van der Waals surface area contributed by atoms with Gasteiger partial charge >= 0.3 is 0 Å². The highest BCUT2D eigenvalue weighted by atomic mass is 32.2. The quantitative estimate of drug-likeness (QED) is 0.215. The molecule has 0 amide bonds. The van der Waals surface area contributed by atoms with E-state index in [9.17, 15) is 0 Å². The third-order valence-corrected chi connectivity index (χ3v) is 7.01. The van der Waals surface area contributed by atoms with E-state index in [0.717, 1.165) is 5.75 Å². The fourth-order valence-corrected chi connectivity index (χ4v) is 5.44. The van der Waals surface area contributed by atoms with Gasteiger partial charge in [-0.2, -0.15) is 0 Å². The molecule has 0 aliphatic heterocycles. The summed E-state index contributed by atoms with van der Waals surface area (Å²) >= 11 is 3.75. The van der Waals surface area contributed by atoms with Gasteiger partial charge in [-0.1, -0.05) is 78.9 Å². The van der Waals surface area contributed by atoms with Crippen molar-refractivity contribution in [3.05, 3.63) is 126 Å². The summed E-state index contributed by atoms with van der Waals surface area (Å²) in [5, 5.41) is 0. The summed E-state index contributed by atoms with van der Waals surface area (Å²) in [6.07, 6.45) is 0. The van der Waals surface area contributed by atoms with Crippen LogP contribution in [0.25, 0.3) is 0 Å². The maximum absolute atomic E-state index is 5.95. The Balaban J connectivity index is 1.48. The van der Waals surface area contributed by atoms with Crippen LogP contribution < -0.4 is 4.74 Å². The van der Waals surface area contributed by atoms with E-state index in [1.54, 1.807) is 0 Å². The van der Waals surface area contributed by atoms with Crippen LogP contribution >= 0.6 is 23.5 Å². The second-order valence-corrected chi connectivity index (χ2v) is 9.19. The lowest BCUT2D eigenvalue weighted by Gasteiger charge is -2.17. The van der Waals surface area contributed by atoms with E-state index in [1.165, 1.54) is 20.9 Å². The number of hydrogen-bond acceptors (Lipinski definition) is 3. The van der Waals surface area contributed by atoms with Crippen LogP contribution in [-0.4, -0.2) is 0 Å². The Morgan fingerprint density at radius 3 is 1.55 bits per heavy atom. The van der Waals surface area contributed by atoms with Crippen molar-refractivity contribution < 1.29 is 4.74 Å². The minimum absolute atomic E-state index is 0.267. The Kier molecular flexibility index (Phi) is 6.95. The van der Waals surface area contributed by atoms with Crippen molar-refractivity contribution in [2.24, 2.45) is 0 Å². The SMILES string of the molecule is c1ccc(COc2ccc(C(Sc3ccccc3)Sc3ccccc3)cc2)cc1. The minimum atomic E-state index is 0.267. The average molecular weight is 415 g/mol. The predicted octanol–water partition coefficient (Wildman–Crippen LogP) is 7.85. The summed E-state index contributed by atoms with van der Waals surface area (Å²) in [6, 6.07) is 39.9. The maximum atomic E-state index is 5.95. The Hall–Kier alpha value is -2.62. The third kappa shape index (κ3) is 5.93. The second-order valence-electron chi connectivity index (χ2n) is 6.54. The minimum Gasteiger partial charge on any atom is -0.489 e. The topological polar surface area (TPSA) is 9.23 Å². The molecule has 3 heteroatoms. The molecule has 4 aromatic carbocycles. The van der Waals surface area contributed by atoms with Crippen LogP contribution in [0, 0.1) is 0 Å². The molecule has 0 saturated carbocycles. The standard InChI is InChI=1S/C26H22OS2/c1-4-10-21(11-5-1)20-27-23-18-16-22(17-19-23)26(28-24-12-6-2-7-13-24)29-25-14-8-3-9-15-25/h1-19,26H,20H2. The van der Waals surface area contributed by atoms with E-state index in [2.05, 4.69) is 97.1 Å². The lowest BCUT2D eigenvalue weighted by Crippen LogP contribution is -1.96. The molecule has 0 spiro atoms. The zero-order valence-corrected chi connectivity index (χ0v) is 17.6. The first kappa shape index (κ1) is 19.7. The first-order valence-electron chi connectivity index (χ1n) is 9.57. The molecular formula is C26H22OS2. The number of ether oxygens (including phenoxy) is 1. The van der Waals surface area contributed by atoms with Gasteiger partial charge in [0, 0.05) is 9.79 Å². The van der Waals surface area contributed by atoms with Crippen molar-refractivity contribution in [2.75, 3.05) is 0 Å². The lowest BCUT2D eigenvalue weighted by molar-refractivity contribution is 0.306. The molecule has 0 aliphatic carbocycles. The maximum Gasteiger partial charge on any atom is 0.119 e. The van der Waals surface area contributed by atoms with Gasteiger partial charge in [0.25, 0.3) is 0 Å². The molecule has 0 saturated heterocycles. The highest BCUT2D eigenvalue weighted by Gasteiger charge is 2.15. The fourth-order valence-electron chi connectivity index (χ4n) is 2.87. The number of rotatable bonds is 8. The molecular weight excluding hydrogens is 392 g/mol. The Morgan fingerprint density at radius 1 is 0.552 bits per heavy atom. The fraction of sp³-hybridized carbons (Fsp3) is 0.0769. The monoisotopic (exact) mass is 414 g/mol. The molecule has 4 aromatic rings. The molecule has 0 aromatic heterocycles. The van der Waals surface area contributed by atoms with Gasteiger partial charge in [-0.15, -0.1) is 23.5 Å². The molecule has 0 aliphatic rings. The van der Waals surface area contributed by atoms with Crippen molar-refractivity contribution in [3.63, 3.8) is 0 Å². The molecule has 1 nitrogen and oxygen atoms in total. The van der Waals surface area contributed by atoms with Crippen LogP contribution in [0.2, 0.25) is 0 Å². The van der Waals surface area contributed by atoms with Crippen LogP contribution in [-0.2, 0) is 6.61 Å². The van der Waals surface area contributed by atoms with Crippen molar-refractivity contribution >= 4 is 23.5 Å². The zero-order valence-electron chi connectivity index (χ0n) is 16.0. The van der Waals surface area contributed by atoms with Crippen molar-refractivity contribution in [2.45, 2.75) is 21.0 Å².